The molecule has 4 heterocycles. The van der Waals surface area contributed by atoms with Gasteiger partial charge in [-0.15, -0.1) is 21.5 Å². The number of hydrogen-bond donors (Lipinski definition) is 2. The predicted octanol–water partition coefficient (Wildman–Crippen LogP) is 3.07. The van der Waals surface area contributed by atoms with E-state index in [1.54, 1.807) is 11.3 Å². The summed E-state index contributed by atoms with van der Waals surface area (Å²) in [6.07, 6.45) is -1.43. The maximum atomic E-state index is 13.1. The summed E-state index contributed by atoms with van der Waals surface area (Å²) >= 11 is 1.59. The van der Waals surface area contributed by atoms with Crippen LogP contribution in [0, 0.1) is 0 Å². The van der Waals surface area contributed by atoms with Crippen LogP contribution in [0.2, 0.25) is 0 Å². The third kappa shape index (κ3) is 4.06. The molecule has 0 amide bonds. The van der Waals surface area contributed by atoms with Gasteiger partial charge in [0.15, 0.2) is 5.82 Å². The molecule has 0 spiro atoms. The van der Waals surface area contributed by atoms with Crippen molar-refractivity contribution in [2.45, 2.75) is 45.5 Å². The minimum Gasteiger partial charge on any atom is -0.395 e. The minimum atomic E-state index is -4.53. The summed E-state index contributed by atoms with van der Waals surface area (Å²) in [5.74, 6) is 0.333. The number of aryl methyl sites for hydroxylation is 1. The number of aromatic nitrogens is 5. The molecule has 8 nitrogen and oxygen atoms in total. The van der Waals surface area contributed by atoms with Crippen molar-refractivity contribution in [3.63, 3.8) is 0 Å². The van der Waals surface area contributed by atoms with Crippen LogP contribution in [0.1, 0.15) is 36.3 Å². The number of alkyl halides is 3. The molecular formula is C18H22F3N7OS. The van der Waals surface area contributed by atoms with Crippen LogP contribution in [-0.4, -0.2) is 49.5 Å². The van der Waals surface area contributed by atoms with Gasteiger partial charge in [-0.05, 0) is 18.9 Å². The first-order valence-electron chi connectivity index (χ1n) is 9.80. The molecule has 4 rings (SSSR count). The van der Waals surface area contributed by atoms with Crippen molar-refractivity contribution in [3.05, 3.63) is 22.6 Å². The fourth-order valence-electron chi connectivity index (χ4n) is 3.47. The molecule has 0 aromatic carbocycles. The summed E-state index contributed by atoms with van der Waals surface area (Å²) in [5.41, 5.74) is 0. The number of anilines is 2. The van der Waals surface area contributed by atoms with Crippen molar-refractivity contribution in [2.24, 2.45) is 0 Å². The third-order valence-electron chi connectivity index (χ3n) is 4.90. The molecule has 162 valence electrons. The van der Waals surface area contributed by atoms with E-state index in [1.807, 2.05) is 4.90 Å². The van der Waals surface area contributed by atoms with Gasteiger partial charge in [0.2, 0.25) is 11.8 Å². The van der Waals surface area contributed by atoms with Crippen molar-refractivity contribution in [3.8, 4) is 0 Å². The summed E-state index contributed by atoms with van der Waals surface area (Å²) < 4.78 is 40.5. The molecule has 0 atom stereocenters. The number of hydrogen-bond acceptors (Lipinski definition) is 8. The fraction of sp³-hybridized carbons (Fsp3) is 0.556. The van der Waals surface area contributed by atoms with Crippen molar-refractivity contribution in [1.82, 2.24) is 24.7 Å². The van der Waals surface area contributed by atoms with Gasteiger partial charge in [-0.1, -0.05) is 13.3 Å². The smallest absolute Gasteiger partial charge is 0.395 e. The molecule has 2 N–H and O–H groups in total. The number of thiophene rings is 1. The highest BCUT2D eigenvalue weighted by Gasteiger charge is 2.39. The van der Waals surface area contributed by atoms with Gasteiger partial charge >= 0.3 is 6.18 Å². The summed E-state index contributed by atoms with van der Waals surface area (Å²) in [5, 5.41) is 20.1. The van der Waals surface area contributed by atoms with E-state index in [2.05, 4.69) is 38.5 Å². The number of aliphatic hydroxyl groups is 1. The normalized spacial score (nSPS) is 14.4. The monoisotopic (exact) mass is 441 g/mol. The number of fused-ring (bicyclic) bond motifs is 2. The molecule has 3 aromatic rings. The van der Waals surface area contributed by atoms with Crippen LogP contribution < -0.4 is 10.2 Å². The zero-order valence-corrected chi connectivity index (χ0v) is 17.2. The Balaban J connectivity index is 1.70. The molecule has 1 aliphatic heterocycles. The largest absolute Gasteiger partial charge is 0.451 e. The van der Waals surface area contributed by atoms with E-state index in [0.717, 1.165) is 34.0 Å². The Hall–Kier alpha value is -2.47. The number of aliphatic hydroxyl groups excluding tert-OH is 1. The van der Waals surface area contributed by atoms with E-state index in [1.165, 1.54) is 4.88 Å². The second-order valence-corrected chi connectivity index (χ2v) is 8.18. The van der Waals surface area contributed by atoms with Crippen LogP contribution in [0.3, 0.4) is 0 Å². The van der Waals surface area contributed by atoms with E-state index in [9.17, 15) is 13.2 Å². The summed E-state index contributed by atoms with van der Waals surface area (Å²) in [6, 6.07) is 2.07. The van der Waals surface area contributed by atoms with Gasteiger partial charge in [0, 0.05) is 24.5 Å². The topological polar surface area (TPSA) is 92.0 Å². The van der Waals surface area contributed by atoms with Gasteiger partial charge < -0.3 is 19.9 Å². The average molecular weight is 441 g/mol. The van der Waals surface area contributed by atoms with Gasteiger partial charge in [0.05, 0.1) is 18.5 Å². The number of unbranched alkanes of at least 4 members (excludes halogenated alkanes) is 1. The van der Waals surface area contributed by atoms with E-state index in [4.69, 9.17) is 5.11 Å². The Labute approximate surface area is 174 Å². The van der Waals surface area contributed by atoms with Crippen LogP contribution in [0.4, 0.5) is 24.9 Å². The molecule has 0 fully saturated rings. The number of nitrogens with zero attached hydrogens (tertiary/aromatic N) is 6. The highest BCUT2D eigenvalue weighted by molar-refractivity contribution is 7.18. The molecular weight excluding hydrogens is 419 g/mol. The zero-order chi connectivity index (χ0) is 21.3. The van der Waals surface area contributed by atoms with Crippen molar-refractivity contribution >= 4 is 33.3 Å². The SMILES string of the molecule is CCCCc1cc2c(N3CCn4c(nnc4C(F)(F)F)C3)nc(NCCO)nc2s1. The lowest BCUT2D eigenvalue weighted by molar-refractivity contribution is -0.147. The highest BCUT2D eigenvalue weighted by Crippen LogP contribution is 2.35. The standard InChI is InChI=1S/C18H22F3N7OS/c1-2-3-4-11-9-12-14(23-17(22-5-8-29)24-15(12)30-11)27-6-7-28-13(10-27)25-26-16(28)18(19,20)21/h9,29H,2-8,10H2,1H3,(H,22,23,24). The van der Waals surface area contributed by atoms with Gasteiger partial charge in [-0.2, -0.15) is 18.2 Å². The lowest BCUT2D eigenvalue weighted by Crippen LogP contribution is -2.36. The molecule has 12 heteroatoms. The Kier molecular flexibility index (Phi) is 5.78. The maximum absolute atomic E-state index is 13.1. The molecule has 0 aliphatic carbocycles. The van der Waals surface area contributed by atoms with Crippen LogP contribution in [0.5, 0.6) is 0 Å². The summed E-state index contributed by atoms with van der Waals surface area (Å²) in [6.45, 7) is 3.02. The Morgan fingerprint density at radius 1 is 1.23 bits per heavy atom. The fourth-order valence-corrected chi connectivity index (χ4v) is 4.53. The average Bonchev–Trinajstić information content (AvgIpc) is 3.33. The highest BCUT2D eigenvalue weighted by atomic mass is 32.1. The van der Waals surface area contributed by atoms with Crippen molar-refractivity contribution < 1.29 is 18.3 Å². The van der Waals surface area contributed by atoms with Gasteiger partial charge in [0.1, 0.15) is 10.6 Å². The van der Waals surface area contributed by atoms with E-state index >= 15 is 0 Å². The Morgan fingerprint density at radius 2 is 2.07 bits per heavy atom. The second-order valence-electron chi connectivity index (χ2n) is 7.07. The summed E-state index contributed by atoms with van der Waals surface area (Å²) in [7, 11) is 0. The van der Waals surface area contributed by atoms with Crippen LogP contribution in [0.25, 0.3) is 10.2 Å². The molecule has 0 saturated carbocycles. The predicted molar refractivity (Wildman–Crippen MR) is 108 cm³/mol. The Morgan fingerprint density at radius 3 is 2.80 bits per heavy atom. The van der Waals surface area contributed by atoms with Crippen LogP contribution in [-0.2, 0) is 25.7 Å². The second kappa shape index (κ2) is 8.34. The Bertz CT molecular complexity index is 1030. The molecule has 0 radical (unpaired) electrons. The minimum absolute atomic E-state index is 0.0596. The van der Waals surface area contributed by atoms with Gasteiger partial charge in [0.25, 0.3) is 0 Å². The third-order valence-corrected chi connectivity index (χ3v) is 5.99. The first-order valence-corrected chi connectivity index (χ1v) is 10.6. The van der Waals surface area contributed by atoms with Crippen LogP contribution >= 0.6 is 11.3 Å². The number of nitrogens with one attached hydrogen (secondary N) is 1. The lowest BCUT2D eigenvalue weighted by atomic mass is 10.2. The van der Waals surface area contributed by atoms with E-state index in [0.29, 0.717) is 24.9 Å². The van der Waals surface area contributed by atoms with Crippen molar-refractivity contribution in [1.29, 1.82) is 0 Å². The molecule has 30 heavy (non-hydrogen) atoms. The molecule has 0 bridgehead atoms. The number of rotatable bonds is 7. The quantitative estimate of drug-likeness (QED) is 0.582. The first kappa shape index (κ1) is 20.8. The van der Waals surface area contributed by atoms with Gasteiger partial charge in [-0.25, -0.2) is 4.98 Å². The van der Waals surface area contributed by atoms with Gasteiger partial charge in [-0.3, -0.25) is 0 Å². The molecule has 3 aromatic heterocycles. The number of halogens is 3. The lowest BCUT2D eigenvalue weighted by Gasteiger charge is -2.29. The molecule has 1 aliphatic rings. The molecule has 0 saturated heterocycles. The molecule has 0 unspecified atom stereocenters. The van der Waals surface area contributed by atoms with E-state index in [-0.39, 0.29) is 25.5 Å². The van der Waals surface area contributed by atoms with Crippen molar-refractivity contribution in [2.75, 3.05) is 29.9 Å². The first-order chi connectivity index (χ1) is 14.4. The zero-order valence-electron chi connectivity index (χ0n) is 16.4. The summed E-state index contributed by atoms with van der Waals surface area (Å²) in [4.78, 5) is 13.1. The van der Waals surface area contributed by atoms with Crippen LogP contribution in [0.15, 0.2) is 6.07 Å². The maximum Gasteiger partial charge on any atom is 0.451 e. The van der Waals surface area contributed by atoms with E-state index < -0.39 is 12.0 Å².